The molecule has 3 amide bonds. The van der Waals surface area contributed by atoms with Gasteiger partial charge in [-0.3, -0.25) is 19.4 Å². The highest BCUT2D eigenvalue weighted by Crippen LogP contribution is 2.49. The predicted molar refractivity (Wildman–Crippen MR) is 134 cm³/mol. The Hall–Kier alpha value is -3.29. The first kappa shape index (κ1) is 26.3. The maximum absolute atomic E-state index is 15.1. The molecule has 0 unspecified atom stereocenters. The van der Waals surface area contributed by atoms with Gasteiger partial charge >= 0.3 is 0 Å². The number of pyridine rings is 1. The van der Waals surface area contributed by atoms with Crippen LogP contribution in [0.1, 0.15) is 56.9 Å². The van der Waals surface area contributed by atoms with Gasteiger partial charge in [-0.15, -0.1) is 0 Å². The second-order valence-corrected chi connectivity index (χ2v) is 11.3. The number of rotatable bonds is 9. The lowest BCUT2D eigenvalue weighted by molar-refractivity contribution is -0.194. The number of halogens is 2. The molecule has 6 rings (SSSR count). The van der Waals surface area contributed by atoms with Gasteiger partial charge in [0.2, 0.25) is 17.7 Å². The summed E-state index contributed by atoms with van der Waals surface area (Å²) in [6.07, 6.45) is 6.59. The number of amides is 3. The maximum atomic E-state index is 15.1. The number of hydrogen-bond acceptors (Lipinski definition) is 6. The molecule has 2 bridgehead atoms. The first-order chi connectivity index (χ1) is 18.2. The van der Waals surface area contributed by atoms with Gasteiger partial charge in [0.25, 0.3) is 5.92 Å². The summed E-state index contributed by atoms with van der Waals surface area (Å²) in [4.78, 5) is 45.1. The Kier molecular flexibility index (Phi) is 7.25. The fourth-order valence-electron chi connectivity index (χ4n) is 6.30. The molecule has 2 aliphatic carbocycles. The average Bonchev–Trinajstić information content (AvgIpc) is 3.61. The van der Waals surface area contributed by atoms with E-state index in [0.717, 1.165) is 18.4 Å². The number of anilines is 1. The minimum Gasteiger partial charge on any atom is -0.372 e. The Morgan fingerprint density at radius 3 is 2.66 bits per heavy atom. The molecular weight excluding hydrogens is 494 g/mol. The lowest BCUT2D eigenvalue weighted by atomic mass is 9.71. The van der Waals surface area contributed by atoms with E-state index in [0.29, 0.717) is 37.4 Å². The zero-order valence-electron chi connectivity index (χ0n) is 21.5. The smallest absolute Gasteiger partial charge is 0.255 e. The first-order valence-corrected chi connectivity index (χ1v) is 13.5. The first-order valence-electron chi connectivity index (χ1n) is 13.5. The molecule has 0 spiro atoms. The predicted octanol–water partition coefficient (Wildman–Crippen LogP) is 2.52. The van der Waals surface area contributed by atoms with Crippen LogP contribution in [0.2, 0.25) is 0 Å². The number of nitrogens with one attached hydrogen (secondary N) is 3. The average molecular weight is 529 g/mol. The number of piperidine rings is 2. The van der Waals surface area contributed by atoms with Crippen molar-refractivity contribution < 1.29 is 23.2 Å². The molecule has 6 atom stereocenters. The van der Waals surface area contributed by atoms with E-state index < -0.39 is 54.3 Å². The second kappa shape index (κ2) is 10.5. The van der Waals surface area contributed by atoms with Crippen molar-refractivity contribution in [3.05, 3.63) is 24.0 Å². The molecule has 9 nitrogen and oxygen atoms in total. The standard InChI is InChI=1S/C27H34F2N6O3/c1-15-8-19(14-31-13-15)33-22(9-16-2-3-16)26(38)35-20-4-5-21(27(28,29)11-20)23(35)25(37)34-18(12-30)10-17-6-7-32-24(17)36/h8,13-14,16-18,20-23,33H,2-7,9-11H2,1H3,(H,32,36)(H,34,37)/t17-,18+,20+,21+,22-,23-/m1/s1. The van der Waals surface area contributed by atoms with Crippen molar-refractivity contribution in [2.75, 3.05) is 11.9 Å². The molecule has 2 saturated carbocycles. The Morgan fingerprint density at radius 1 is 1.24 bits per heavy atom. The van der Waals surface area contributed by atoms with Gasteiger partial charge in [-0.05, 0) is 56.6 Å². The molecular formula is C27H34F2N6O3. The van der Waals surface area contributed by atoms with Crippen molar-refractivity contribution in [3.63, 3.8) is 0 Å². The molecule has 0 radical (unpaired) electrons. The highest BCUT2D eigenvalue weighted by Gasteiger charge is 2.61. The zero-order valence-corrected chi connectivity index (χ0v) is 21.5. The largest absolute Gasteiger partial charge is 0.372 e. The normalized spacial score (nSPS) is 29.2. The van der Waals surface area contributed by atoms with Gasteiger partial charge in [-0.25, -0.2) is 8.78 Å². The van der Waals surface area contributed by atoms with E-state index >= 15 is 8.78 Å². The Labute approximate surface area is 220 Å². The number of fused-ring (bicyclic) bond motifs is 3. The van der Waals surface area contributed by atoms with E-state index in [1.807, 2.05) is 19.1 Å². The van der Waals surface area contributed by atoms with E-state index in [9.17, 15) is 19.6 Å². The fourth-order valence-corrected chi connectivity index (χ4v) is 6.30. The zero-order chi connectivity index (χ0) is 27.0. The number of carbonyl (C=O) groups is 3. The van der Waals surface area contributed by atoms with Crippen LogP contribution in [0.4, 0.5) is 14.5 Å². The summed E-state index contributed by atoms with van der Waals surface area (Å²) >= 11 is 0. The SMILES string of the molecule is Cc1cncc(N[C@H](CC2CC2)C(=O)N2[C@H]3CC[C@@H]([C@@H]2C(=O)N[C@H](C#N)C[C@H]2CCNC2=O)C(F)(F)C3)c1. The van der Waals surface area contributed by atoms with Gasteiger partial charge in [-0.2, -0.15) is 5.26 Å². The van der Waals surface area contributed by atoms with Crippen LogP contribution >= 0.6 is 0 Å². The maximum Gasteiger partial charge on any atom is 0.255 e. The second-order valence-electron chi connectivity index (χ2n) is 11.3. The molecule has 3 N–H and O–H groups in total. The monoisotopic (exact) mass is 528 g/mol. The van der Waals surface area contributed by atoms with Gasteiger partial charge in [0.1, 0.15) is 18.1 Å². The number of carbonyl (C=O) groups excluding carboxylic acids is 3. The number of nitriles is 1. The van der Waals surface area contributed by atoms with Crippen LogP contribution in [-0.4, -0.2) is 64.2 Å². The van der Waals surface area contributed by atoms with Crippen LogP contribution in [0.15, 0.2) is 18.5 Å². The van der Waals surface area contributed by atoms with Crippen molar-refractivity contribution in [1.82, 2.24) is 20.5 Å². The lowest BCUT2D eigenvalue weighted by Crippen LogP contribution is -2.70. The summed E-state index contributed by atoms with van der Waals surface area (Å²) in [6, 6.07) is 0.0408. The quantitative estimate of drug-likeness (QED) is 0.452. The Morgan fingerprint density at radius 2 is 2.03 bits per heavy atom. The molecule has 0 aromatic carbocycles. The molecule has 5 aliphatic rings. The fraction of sp³-hybridized carbons (Fsp3) is 0.667. The molecule has 5 fully saturated rings. The van der Waals surface area contributed by atoms with Gasteiger partial charge in [-0.1, -0.05) is 12.8 Å². The molecule has 1 aromatic rings. The minimum absolute atomic E-state index is 0.103. The van der Waals surface area contributed by atoms with Crippen LogP contribution in [0, 0.1) is 36.0 Å². The van der Waals surface area contributed by atoms with E-state index in [1.165, 1.54) is 4.90 Å². The Balaban J connectivity index is 1.38. The summed E-state index contributed by atoms with van der Waals surface area (Å²) in [5.74, 6) is -5.77. The molecule has 1 aromatic heterocycles. The number of aryl methyl sites for hydroxylation is 1. The molecule has 204 valence electrons. The number of hydrogen-bond donors (Lipinski definition) is 3. The van der Waals surface area contributed by atoms with Crippen LogP contribution < -0.4 is 16.0 Å². The van der Waals surface area contributed by atoms with Crippen molar-refractivity contribution in [1.29, 1.82) is 5.26 Å². The van der Waals surface area contributed by atoms with E-state index in [4.69, 9.17) is 0 Å². The molecule has 38 heavy (non-hydrogen) atoms. The van der Waals surface area contributed by atoms with E-state index in [1.54, 1.807) is 12.4 Å². The summed E-state index contributed by atoms with van der Waals surface area (Å²) in [6.45, 7) is 2.39. The third kappa shape index (κ3) is 5.45. The van der Waals surface area contributed by atoms with E-state index in [2.05, 4.69) is 20.9 Å². The van der Waals surface area contributed by atoms with Crippen LogP contribution in [-0.2, 0) is 14.4 Å². The Bertz CT molecular complexity index is 1140. The minimum atomic E-state index is -3.09. The molecule has 11 heteroatoms. The van der Waals surface area contributed by atoms with Crippen molar-refractivity contribution in [3.8, 4) is 6.07 Å². The van der Waals surface area contributed by atoms with Gasteiger partial charge in [0, 0.05) is 37.3 Å². The molecule has 4 heterocycles. The van der Waals surface area contributed by atoms with E-state index in [-0.39, 0.29) is 24.7 Å². The number of alkyl halides is 2. The third-order valence-corrected chi connectivity index (χ3v) is 8.39. The molecule has 3 aliphatic heterocycles. The summed E-state index contributed by atoms with van der Waals surface area (Å²) in [5.41, 5.74) is 1.58. The van der Waals surface area contributed by atoms with Crippen molar-refractivity contribution in [2.45, 2.75) is 88.4 Å². The summed E-state index contributed by atoms with van der Waals surface area (Å²) < 4.78 is 30.2. The topological polar surface area (TPSA) is 127 Å². The van der Waals surface area contributed by atoms with Crippen LogP contribution in [0.25, 0.3) is 0 Å². The van der Waals surface area contributed by atoms with Crippen LogP contribution in [0.5, 0.6) is 0 Å². The highest BCUT2D eigenvalue weighted by molar-refractivity contribution is 5.92. The summed E-state index contributed by atoms with van der Waals surface area (Å²) in [5, 5.41) is 18.2. The number of aromatic nitrogens is 1. The number of nitrogens with zero attached hydrogens (tertiary/aromatic N) is 3. The van der Waals surface area contributed by atoms with Crippen molar-refractivity contribution in [2.24, 2.45) is 17.8 Å². The van der Waals surface area contributed by atoms with Gasteiger partial charge < -0.3 is 20.9 Å². The lowest BCUT2D eigenvalue weighted by Gasteiger charge is -2.54. The van der Waals surface area contributed by atoms with Gasteiger partial charge in [0.05, 0.1) is 17.7 Å². The highest BCUT2D eigenvalue weighted by atomic mass is 19.3. The van der Waals surface area contributed by atoms with Crippen LogP contribution in [0.3, 0.4) is 0 Å². The molecule has 3 saturated heterocycles. The third-order valence-electron chi connectivity index (χ3n) is 8.39. The van der Waals surface area contributed by atoms with Crippen molar-refractivity contribution >= 4 is 23.4 Å². The summed E-state index contributed by atoms with van der Waals surface area (Å²) in [7, 11) is 0. The van der Waals surface area contributed by atoms with Gasteiger partial charge in [0.15, 0.2) is 0 Å².